The zero-order valence-corrected chi connectivity index (χ0v) is 51.1. The van der Waals surface area contributed by atoms with E-state index in [0.29, 0.717) is 0 Å². The molecular weight excluding hydrogens is 1140 g/mol. The number of hydrogen-bond donors (Lipinski definition) is 0. The second kappa shape index (κ2) is 20.7. The largest absolute Gasteiger partial charge is 0.456 e. The molecule has 6 heterocycles. The molecule has 438 valence electrons. The fraction of sp³-hybridized carbons (Fsp3) is 0.0118. The standard InChI is InChI=1S/C85H56B2N6O/c1-8-29-57(30-9-1)88(58-31-10-2-11-32-58)64-49-78-83-79(50-64)92(62-39-18-6-19-40-62)76-51-65-66-52-77-71(54-82(66)94-81(65)53-70(76)86(83)68-43-23-26-46-73(68)90(78)60-35-14-4-15-36-60)87-69-44-24-27-47-74(69)91(61-37-16-5-17-38-61)80-55-75-67(85(84(80)87)93(77)63-41-20-7-21-42-63)48-56-28-22-25-45-72(56)89(75)59-33-12-3-13-34-59/h1-47,49-55H,48H2. The lowest BCUT2D eigenvalue weighted by Crippen LogP contribution is -2.61. The van der Waals surface area contributed by atoms with Gasteiger partial charge in [-0.15, -0.1) is 0 Å². The molecular formula is C85H56B2N6O. The number of hydrogen-bond acceptors (Lipinski definition) is 7. The van der Waals surface area contributed by atoms with Gasteiger partial charge in [0, 0.05) is 114 Å². The van der Waals surface area contributed by atoms with Gasteiger partial charge in [0.2, 0.25) is 0 Å². The van der Waals surface area contributed by atoms with Crippen LogP contribution in [0.2, 0.25) is 0 Å². The lowest BCUT2D eigenvalue weighted by molar-refractivity contribution is 0.669. The van der Waals surface area contributed by atoms with Gasteiger partial charge in [-0.2, -0.15) is 0 Å². The summed E-state index contributed by atoms with van der Waals surface area (Å²) in [5, 5.41) is 2.12. The molecule has 9 heteroatoms. The highest BCUT2D eigenvalue weighted by Crippen LogP contribution is 2.55. The lowest BCUT2D eigenvalue weighted by atomic mass is 9.33. The summed E-state index contributed by atoms with van der Waals surface area (Å²) >= 11 is 0. The second-order valence-corrected chi connectivity index (χ2v) is 25.1. The molecule has 15 aromatic rings. The first kappa shape index (κ1) is 52.6. The Kier molecular flexibility index (Phi) is 11.6. The van der Waals surface area contributed by atoms with Crippen molar-refractivity contribution in [1.29, 1.82) is 0 Å². The second-order valence-electron chi connectivity index (χ2n) is 25.1. The van der Waals surface area contributed by atoms with E-state index >= 15 is 0 Å². The lowest BCUT2D eigenvalue weighted by Gasteiger charge is -2.47. The van der Waals surface area contributed by atoms with E-state index in [0.717, 1.165) is 114 Å². The fourth-order valence-electron chi connectivity index (χ4n) is 16.3. The van der Waals surface area contributed by atoms with E-state index < -0.39 is 0 Å². The normalized spacial score (nSPS) is 13.6. The molecule has 5 aliphatic heterocycles. The first-order chi connectivity index (χ1) is 46.7. The van der Waals surface area contributed by atoms with Gasteiger partial charge in [-0.1, -0.05) is 182 Å². The maximum absolute atomic E-state index is 7.55. The Balaban J connectivity index is 0.874. The maximum Gasteiger partial charge on any atom is 0.252 e. The molecule has 0 aliphatic carbocycles. The highest BCUT2D eigenvalue weighted by Gasteiger charge is 2.48. The summed E-state index contributed by atoms with van der Waals surface area (Å²) in [5.74, 6) is 0. The van der Waals surface area contributed by atoms with Crippen molar-refractivity contribution < 1.29 is 4.42 Å². The summed E-state index contributed by atoms with van der Waals surface area (Å²) in [5.41, 5.74) is 31.9. The molecule has 0 saturated heterocycles. The molecule has 1 aromatic heterocycles. The van der Waals surface area contributed by atoms with Gasteiger partial charge in [-0.25, -0.2) is 0 Å². The number of benzene rings is 14. The van der Waals surface area contributed by atoms with E-state index in [4.69, 9.17) is 4.42 Å². The summed E-state index contributed by atoms with van der Waals surface area (Å²) in [6.07, 6.45) is 0.751. The predicted molar refractivity (Wildman–Crippen MR) is 394 cm³/mol. The van der Waals surface area contributed by atoms with E-state index in [1.807, 2.05) is 0 Å². The molecule has 0 spiro atoms. The zero-order chi connectivity index (χ0) is 61.5. The molecule has 0 atom stereocenters. The molecule has 0 bridgehead atoms. The van der Waals surface area contributed by atoms with Gasteiger partial charge in [0.1, 0.15) is 11.2 Å². The molecule has 0 unspecified atom stereocenters. The van der Waals surface area contributed by atoms with Crippen molar-refractivity contribution in [2.24, 2.45) is 0 Å². The van der Waals surface area contributed by atoms with Gasteiger partial charge in [0.05, 0.1) is 11.4 Å². The number of fused-ring (bicyclic) bond motifs is 14. The van der Waals surface area contributed by atoms with Crippen molar-refractivity contribution in [1.82, 2.24) is 0 Å². The number of furan rings is 1. The van der Waals surface area contributed by atoms with E-state index in [9.17, 15) is 0 Å². The molecule has 7 nitrogen and oxygen atoms in total. The molecule has 20 rings (SSSR count). The van der Waals surface area contributed by atoms with Crippen LogP contribution in [-0.2, 0) is 6.42 Å². The van der Waals surface area contributed by atoms with Crippen LogP contribution in [0.15, 0.2) is 332 Å². The highest BCUT2D eigenvalue weighted by molar-refractivity contribution is 7.01. The van der Waals surface area contributed by atoms with Crippen LogP contribution in [0.25, 0.3) is 21.9 Å². The Morgan fingerprint density at radius 3 is 1.11 bits per heavy atom. The minimum Gasteiger partial charge on any atom is -0.456 e. The highest BCUT2D eigenvalue weighted by atomic mass is 16.3. The van der Waals surface area contributed by atoms with E-state index in [-0.39, 0.29) is 13.4 Å². The van der Waals surface area contributed by atoms with Crippen molar-refractivity contribution in [2.45, 2.75) is 6.42 Å². The van der Waals surface area contributed by atoms with Crippen LogP contribution in [-0.4, -0.2) is 13.4 Å². The van der Waals surface area contributed by atoms with Crippen LogP contribution in [0.1, 0.15) is 11.1 Å². The summed E-state index contributed by atoms with van der Waals surface area (Å²) in [6.45, 7) is -0.305. The minimum absolute atomic E-state index is 0.150. The molecule has 0 radical (unpaired) electrons. The summed E-state index contributed by atoms with van der Waals surface area (Å²) in [6, 6.07) is 121. The fourth-order valence-corrected chi connectivity index (χ4v) is 16.3. The van der Waals surface area contributed by atoms with Crippen molar-refractivity contribution in [3.63, 3.8) is 0 Å². The third-order valence-electron chi connectivity index (χ3n) is 20.1. The molecule has 0 N–H and O–H groups in total. The number of anilines is 18. The van der Waals surface area contributed by atoms with Crippen LogP contribution in [0, 0.1) is 0 Å². The van der Waals surface area contributed by atoms with Crippen LogP contribution >= 0.6 is 0 Å². The van der Waals surface area contributed by atoms with E-state index in [1.54, 1.807) is 0 Å². The van der Waals surface area contributed by atoms with Gasteiger partial charge in [-0.05, 0) is 184 Å². The number of nitrogens with zero attached hydrogens (tertiary/aromatic N) is 6. The average molecular weight is 1200 g/mol. The Bertz CT molecular complexity index is 5480. The molecule has 14 aromatic carbocycles. The third-order valence-corrected chi connectivity index (χ3v) is 20.1. The first-order valence-corrected chi connectivity index (χ1v) is 32.5. The van der Waals surface area contributed by atoms with Gasteiger partial charge < -0.3 is 33.8 Å². The van der Waals surface area contributed by atoms with Crippen molar-refractivity contribution >= 4 is 171 Å². The molecule has 0 saturated carbocycles. The van der Waals surface area contributed by atoms with Gasteiger partial charge in [0.25, 0.3) is 13.4 Å². The number of para-hydroxylation sites is 10. The van der Waals surface area contributed by atoms with Crippen molar-refractivity contribution in [2.75, 3.05) is 29.4 Å². The van der Waals surface area contributed by atoms with Gasteiger partial charge >= 0.3 is 0 Å². The summed E-state index contributed by atoms with van der Waals surface area (Å²) in [4.78, 5) is 15.0. The smallest absolute Gasteiger partial charge is 0.252 e. The maximum atomic E-state index is 7.55. The third kappa shape index (κ3) is 7.76. The molecule has 5 aliphatic rings. The van der Waals surface area contributed by atoms with Crippen molar-refractivity contribution in [3.8, 4) is 0 Å². The average Bonchev–Trinajstić information content (AvgIpc) is 0.905. The first-order valence-electron chi connectivity index (χ1n) is 32.5. The van der Waals surface area contributed by atoms with Crippen molar-refractivity contribution in [3.05, 3.63) is 339 Å². The summed E-state index contributed by atoms with van der Waals surface area (Å²) in [7, 11) is 0. The Labute approximate surface area is 546 Å². The van der Waals surface area contributed by atoms with Gasteiger partial charge in [-0.3, -0.25) is 0 Å². The molecule has 0 fully saturated rings. The van der Waals surface area contributed by atoms with Gasteiger partial charge in [0.15, 0.2) is 0 Å². The van der Waals surface area contributed by atoms with Crippen LogP contribution in [0.5, 0.6) is 0 Å². The van der Waals surface area contributed by atoms with E-state index in [2.05, 4.69) is 357 Å². The molecule has 0 amide bonds. The summed E-state index contributed by atoms with van der Waals surface area (Å²) < 4.78 is 7.55. The Morgan fingerprint density at radius 1 is 0.266 bits per heavy atom. The topological polar surface area (TPSA) is 32.6 Å². The van der Waals surface area contributed by atoms with E-state index in [1.165, 1.54) is 61.0 Å². The predicted octanol–water partition coefficient (Wildman–Crippen LogP) is 18.6. The quantitative estimate of drug-likeness (QED) is 0.140. The van der Waals surface area contributed by atoms with Crippen LogP contribution in [0.3, 0.4) is 0 Å². The zero-order valence-electron chi connectivity index (χ0n) is 51.1. The Hall–Kier alpha value is -12.2. The monoisotopic (exact) mass is 1200 g/mol. The minimum atomic E-state index is -0.155. The Morgan fingerprint density at radius 2 is 0.628 bits per heavy atom. The molecule has 94 heavy (non-hydrogen) atoms. The number of rotatable bonds is 8. The SMILES string of the molecule is c1ccc(N(c2ccccc2)c2cc3c4c(c2)N(c2ccccc2)c2cc5c(cc2B4c2ccccc2N3c2ccccc2)oc2cc3c(cc25)N(c2ccccc2)c2c4c(cc5c2B3c2ccccc2N5c2ccccc2)N(c2ccccc2)c2ccccc2C4)cc1. The van der Waals surface area contributed by atoms with Crippen LogP contribution in [0.4, 0.5) is 102 Å². The van der Waals surface area contributed by atoms with Crippen LogP contribution < -0.4 is 62.2 Å².